The van der Waals surface area contributed by atoms with Crippen molar-refractivity contribution < 1.29 is 27.8 Å². The van der Waals surface area contributed by atoms with E-state index in [-0.39, 0.29) is 41.7 Å². The Bertz CT molecular complexity index is 1230. The number of hydrogen-bond acceptors (Lipinski definition) is 6. The van der Waals surface area contributed by atoms with Gasteiger partial charge >= 0.3 is 0 Å². The number of nitrogens with zero attached hydrogens (tertiary/aromatic N) is 2. The van der Waals surface area contributed by atoms with E-state index >= 15 is 8.78 Å². The van der Waals surface area contributed by atoms with Crippen molar-refractivity contribution in [3.05, 3.63) is 53.7 Å². The molecular weight excluding hydrogens is 480 g/mol. The van der Waals surface area contributed by atoms with E-state index < -0.39 is 22.7 Å². The predicted octanol–water partition coefficient (Wildman–Crippen LogP) is 5.07. The molecule has 5 rings (SSSR count). The van der Waals surface area contributed by atoms with Crippen LogP contribution in [0.4, 0.5) is 20.3 Å². The summed E-state index contributed by atoms with van der Waals surface area (Å²) in [6.45, 7) is 3.57. The van der Waals surface area contributed by atoms with Gasteiger partial charge in [0, 0.05) is 24.7 Å². The number of carbonyl (C=O) groups is 2. The maximum absolute atomic E-state index is 15.3. The molecule has 2 unspecified atom stereocenters. The Hall–Kier alpha value is -3.49. The molecule has 1 spiro atoms. The van der Waals surface area contributed by atoms with E-state index in [4.69, 9.17) is 9.47 Å². The zero-order chi connectivity index (χ0) is 26.3. The zero-order valence-corrected chi connectivity index (χ0v) is 21.1. The van der Waals surface area contributed by atoms with Gasteiger partial charge in [-0.2, -0.15) is 0 Å². The van der Waals surface area contributed by atoms with Gasteiger partial charge in [0.1, 0.15) is 11.5 Å². The van der Waals surface area contributed by atoms with E-state index in [2.05, 4.69) is 16.9 Å². The lowest BCUT2D eigenvalue weighted by molar-refractivity contribution is -0.121. The van der Waals surface area contributed by atoms with Crippen molar-refractivity contribution in [3.63, 3.8) is 0 Å². The summed E-state index contributed by atoms with van der Waals surface area (Å²) in [7, 11) is 2.55. The van der Waals surface area contributed by atoms with Gasteiger partial charge in [-0.25, -0.2) is 13.8 Å². The van der Waals surface area contributed by atoms with Gasteiger partial charge in [0.2, 0.25) is 5.91 Å². The van der Waals surface area contributed by atoms with E-state index in [1.807, 2.05) is 6.07 Å². The molecule has 2 saturated carbocycles. The number of fused-ring (bicyclic) bond motifs is 2. The van der Waals surface area contributed by atoms with Crippen LogP contribution in [0.2, 0.25) is 0 Å². The summed E-state index contributed by atoms with van der Waals surface area (Å²) < 4.78 is 40.7. The highest BCUT2D eigenvalue weighted by Gasteiger charge is 2.57. The third-order valence-electron chi connectivity index (χ3n) is 7.99. The van der Waals surface area contributed by atoms with Crippen LogP contribution in [-0.4, -0.2) is 36.9 Å². The average Bonchev–Trinajstić information content (AvgIpc) is 3.70. The summed E-state index contributed by atoms with van der Waals surface area (Å²) in [5.41, 5.74) is 0.270. The minimum absolute atomic E-state index is 0.0206. The first kappa shape index (κ1) is 25.2. The summed E-state index contributed by atoms with van der Waals surface area (Å²) in [4.78, 5) is 31.4. The molecule has 7 nitrogen and oxygen atoms in total. The van der Waals surface area contributed by atoms with Crippen molar-refractivity contribution in [1.29, 1.82) is 0 Å². The number of anilines is 2. The molecule has 0 saturated heterocycles. The molecule has 1 aliphatic heterocycles. The van der Waals surface area contributed by atoms with Crippen LogP contribution < -0.4 is 19.7 Å². The first-order valence-electron chi connectivity index (χ1n) is 12.7. The Labute approximate surface area is 214 Å². The SMILES string of the molecule is C=CC(=O)CC1CCCCC1Nc1cc2c(cn1)CN(c1c(F)c(OC)cc(OC)c1F)C(=O)C21CC1. The van der Waals surface area contributed by atoms with Crippen LogP contribution >= 0.6 is 0 Å². The molecule has 1 N–H and O–H groups in total. The van der Waals surface area contributed by atoms with Crippen LogP contribution in [0.1, 0.15) is 56.1 Å². The average molecular weight is 512 g/mol. The number of rotatable bonds is 8. The molecule has 2 fully saturated rings. The van der Waals surface area contributed by atoms with Crippen LogP contribution in [0.5, 0.6) is 11.5 Å². The van der Waals surface area contributed by atoms with Crippen molar-refractivity contribution in [1.82, 2.24) is 4.98 Å². The second kappa shape index (κ2) is 9.76. The quantitative estimate of drug-likeness (QED) is 0.499. The standard InChI is InChI=1S/C28H31F2N3O4/c1-4-18(34)11-16-7-5-6-8-20(16)32-23-12-19-17(14-31-23)15-33(27(35)28(19)9-10-28)26-24(29)21(36-2)13-22(37-3)25(26)30/h4,12-14,16,20H,1,5-11,15H2,2-3H3,(H,31,32). The molecule has 0 radical (unpaired) electrons. The number of aromatic nitrogens is 1. The topological polar surface area (TPSA) is 80.8 Å². The lowest BCUT2D eigenvalue weighted by Crippen LogP contribution is -2.45. The van der Waals surface area contributed by atoms with E-state index in [1.54, 1.807) is 6.20 Å². The monoisotopic (exact) mass is 511 g/mol. The van der Waals surface area contributed by atoms with Crippen LogP contribution in [0.25, 0.3) is 0 Å². The molecule has 0 bridgehead atoms. The first-order chi connectivity index (χ1) is 17.8. The number of benzene rings is 1. The molecule has 2 aromatic rings. The van der Waals surface area contributed by atoms with E-state index in [0.717, 1.165) is 47.8 Å². The Kier molecular flexibility index (Phi) is 6.64. The largest absolute Gasteiger partial charge is 0.493 e. The molecule has 2 atom stereocenters. The smallest absolute Gasteiger partial charge is 0.238 e. The minimum atomic E-state index is -0.947. The highest BCUT2D eigenvalue weighted by molar-refractivity contribution is 6.05. The fraction of sp³-hybridized carbons (Fsp3) is 0.464. The number of ketones is 1. The van der Waals surface area contributed by atoms with Gasteiger partial charge in [0.25, 0.3) is 0 Å². The summed E-state index contributed by atoms with van der Waals surface area (Å²) >= 11 is 0. The maximum Gasteiger partial charge on any atom is 0.238 e. The highest BCUT2D eigenvalue weighted by atomic mass is 19.1. The summed E-state index contributed by atoms with van der Waals surface area (Å²) in [6, 6.07) is 3.13. The normalized spacial score (nSPS) is 21.8. The van der Waals surface area contributed by atoms with Crippen molar-refractivity contribution >= 4 is 23.2 Å². The fourth-order valence-corrected chi connectivity index (χ4v) is 5.82. The van der Waals surface area contributed by atoms with Gasteiger partial charge < -0.3 is 19.7 Å². The number of allylic oxidation sites excluding steroid dienone is 1. The second-order valence-electron chi connectivity index (χ2n) is 10.1. The van der Waals surface area contributed by atoms with E-state index in [0.29, 0.717) is 25.1 Å². The van der Waals surface area contributed by atoms with E-state index in [9.17, 15) is 9.59 Å². The number of carbonyl (C=O) groups excluding carboxylic acids is 2. The van der Waals surface area contributed by atoms with Gasteiger partial charge in [0.15, 0.2) is 28.9 Å². The molecule has 9 heteroatoms. The van der Waals surface area contributed by atoms with Gasteiger partial charge in [-0.1, -0.05) is 19.4 Å². The molecule has 1 amide bonds. The van der Waals surface area contributed by atoms with E-state index in [1.165, 1.54) is 20.3 Å². The number of hydrogen-bond donors (Lipinski definition) is 1. The number of halogens is 2. The van der Waals surface area contributed by atoms with Crippen molar-refractivity contribution in [2.75, 3.05) is 24.4 Å². The van der Waals surface area contributed by atoms with Crippen molar-refractivity contribution in [2.24, 2.45) is 5.92 Å². The predicted molar refractivity (Wildman–Crippen MR) is 135 cm³/mol. The summed E-state index contributed by atoms with van der Waals surface area (Å²) in [6.07, 6.45) is 8.72. The van der Waals surface area contributed by atoms with Crippen LogP contribution in [0.15, 0.2) is 31.0 Å². The van der Waals surface area contributed by atoms with Gasteiger partial charge in [-0.05, 0) is 54.9 Å². The Morgan fingerprint density at radius 2 is 1.86 bits per heavy atom. The first-order valence-corrected chi connectivity index (χ1v) is 12.7. The third kappa shape index (κ3) is 4.34. The lowest BCUT2D eigenvalue weighted by Gasteiger charge is -2.36. The van der Waals surface area contributed by atoms with Crippen molar-refractivity contribution in [3.8, 4) is 11.5 Å². The molecule has 2 heterocycles. The lowest BCUT2D eigenvalue weighted by atomic mass is 9.81. The minimum Gasteiger partial charge on any atom is -0.493 e. The summed E-state index contributed by atoms with van der Waals surface area (Å²) in [5, 5.41) is 3.51. The fourth-order valence-electron chi connectivity index (χ4n) is 5.82. The molecular formula is C28H31F2N3O4. The Balaban J connectivity index is 1.46. The number of pyridine rings is 1. The van der Waals surface area contributed by atoms with Gasteiger partial charge in [-0.3, -0.25) is 9.59 Å². The van der Waals surface area contributed by atoms with Crippen molar-refractivity contribution in [2.45, 2.75) is 62.9 Å². The zero-order valence-electron chi connectivity index (χ0n) is 21.1. The third-order valence-corrected chi connectivity index (χ3v) is 7.99. The molecule has 37 heavy (non-hydrogen) atoms. The van der Waals surface area contributed by atoms with Crippen LogP contribution in [-0.2, 0) is 21.5 Å². The molecule has 1 aromatic carbocycles. The number of ether oxygens (including phenoxy) is 2. The Morgan fingerprint density at radius 3 is 2.49 bits per heavy atom. The molecule has 2 aliphatic carbocycles. The van der Waals surface area contributed by atoms with Gasteiger partial charge in [-0.15, -0.1) is 0 Å². The molecule has 3 aliphatic rings. The Morgan fingerprint density at radius 1 is 1.19 bits per heavy atom. The van der Waals surface area contributed by atoms with Crippen LogP contribution in [0.3, 0.4) is 0 Å². The van der Waals surface area contributed by atoms with Crippen LogP contribution in [0, 0.1) is 17.6 Å². The summed E-state index contributed by atoms with van der Waals surface area (Å²) in [5.74, 6) is -1.77. The highest BCUT2D eigenvalue weighted by Crippen LogP contribution is 2.55. The number of methoxy groups -OCH3 is 2. The van der Waals surface area contributed by atoms with Gasteiger partial charge in [0.05, 0.1) is 26.2 Å². The molecule has 1 aromatic heterocycles. The maximum atomic E-state index is 15.3. The second-order valence-corrected chi connectivity index (χ2v) is 10.1. The number of nitrogens with one attached hydrogen (secondary N) is 1. The molecule has 196 valence electrons. The number of amides is 1.